The molecular weight excluding hydrogens is 506 g/mol. The average molecular weight is 534 g/mol. The molecule has 1 heterocycles. The second-order valence-corrected chi connectivity index (χ2v) is 10.8. The first-order chi connectivity index (χ1) is 17.8. The molecule has 0 saturated heterocycles. The summed E-state index contributed by atoms with van der Waals surface area (Å²) in [5, 5.41) is 19.3. The predicted octanol–water partition coefficient (Wildman–Crippen LogP) is 6.17. The Bertz CT molecular complexity index is 1290. The van der Waals surface area contributed by atoms with Crippen molar-refractivity contribution in [3.05, 3.63) is 107 Å². The SMILES string of the molecule is Cc1ccc(SCC(CSc2ccc(C)cc2)C(=O)c2ccc(C(=O)On3c(O)ccc3O)cc2)cc1. The van der Waals surface area contributed by atoms with Crippen LogP contribution in [0.2, 0.25) is 0 Å². The number of carbonyl (C=O) groups is 2. The molecule has 4 rings (SSSR count). The molecule has 190 valence electrons. The third-order valence-corrected chi connectivity index (χ3v) is 8.04. The first-order valence-corrected chi connectivity index (χ1v) is 13.6. The van der Waals surface area contributed by atoms with E-state index in [1.807, 2.05) is 13.8 Å². The van der Waals surface area contributed by atoms with E-state index in [0.29, 0.717) is 21.8 Å². The molecule has 2 N–H and O–H groups in total. The van der Waals surface area contributed by atoms with E-state index in [9.17, 15) is 19.8 Å². The largest absolute Gasteiger partial charge is 0.492 e. The van der Waals surface area contributed by atoms with Crippen LogP contribution in [-0.2, 0) is 0 Å². The number of carbonyl (C=O) groups excluding carboxylic acids is 2. The molecule has 1 aromatic heterocycles. The zero-order chi connectivity index (χ0) is 26.4. The number of aromatic hydroxyl groups is 2. The lowest BCUT2D eigenvalue weighted by Crippen LogP contribution is -2.21. The Morgan fingerprint density at radius 2 is 1.14 bits per heavy atom. The zero-order valence-corrected chi connectivity index (χ0v) is 22.1. The van der Waals surface area contributed by atoms with Gasteiger partial charge in [0.25, 0.3) is 0 Å². The number of benzene rings is 3. The highest BCUT2D eigenvalue weighted by Gasteiger charge is 2.22. The highest BCUT2D eigenvalue weighted by atomic mass is 32.2. The molecule has 0 atom stereocenters. The Kier molecular flexibility index (Phi) is 8.63. The molecule has 0 aliphatic heterocycles. The molecule has 8 heteroatoms. The second kappa shape index (κ2) is 12.1. The fourth-order valence-electron chi connectivity index (χ4n) is 3.50. The van der Waals surface area contributed by atoms with Gasteiger partial charge in [0.15, 0.2) is 5.78 Å². The molecule has 0 fully saturated rings. The molecule has 4 aromatic rings. The van der Waals surface area contributed by atoms with E-state index in [2.05, 4.69) is 48.5 Å². The van der Waals surface area contributed by atoms with Gasteiger partial charge in [0.05, 0.1) is 5.56 Å². The van der Waals surface area contributed by atoms with Crippen LogP contribution >= 0.6 is 23.5 Å². The molecule has 0 unspecified atom stereocenters. The van der Waals surface area contributed by atoms with Crippen LogP contribution < -0.4 is 4.84 Å². The molecule has 0 aliphatic rings. The average Bonchev–Trinajstić information content (AvgIpc) is 3.22. The minimum Gasteiger partial charge on any atom is -0.492 e. The number of aromatic nitrogens is 1. The summed E-state index contributed by atoms with van der Waals surface area (Å²) in [5.41, 5.74) is 3.06. The summed E-state index contributed by atoms with van der Waals surface area (Å²) in [4.78, 5) is 33.2. The van der Waals surface area contributed by atoms with E-state index < -0.39 is 17.7 Å². The maximum absolute atomic E-state index is 13.5. The van der Waals surface area contributed by atoms with Crippen LogP contribution in [0.15, 0.2) is 94.7 Å². The lowest BCUT2D eigenvalue weighted by atomic mass is 10.00. The van der Waals surface area contributed by atoms with E-state index >= 15 is 0 Å². The summed E-state index contributed by atoms with van der Waals surface area (Å²) in [6.07, 6.45) is 0. The van der Waals surface area contributed by atoms with Crippen molar-refractivity contribution >= 4 is 35.3 Å². The summed E-state index contributed by atoms with van der Waals surface area (Å²) in [5.74, 6) is -0.588. The maximum atomic E-state index is 13.5. The molecule has 0 bridgehead atoms. The number of aryl methyl sites for hydroxylation is 2. The van der Waals surface area contributed by atoms with E-state index in [0.717, 1.165) is 9.79 Å². The lowest BCUT2D eigenvalue weighted by molar-refractivity contribution is 0.0381. The summed E-state index contributed by atoms with van der Waals surface area (Å²) in [6, 6.07) is 25.1. The minimum atomic E-state index is -0.776. The second-order valence-electron chi connectivity index (χ2n) is 8.61. The van der Waals surface area contributed by atoms with Gasteiger partial charge >= 0.3 is 5.97 Å². The Hall–Kier alpha value is -3.62. The van der Waals surface area contributed by atoms with Gasteiger partial charge in [-0.05, 0) is 50.2 Å². The number of hydrogen-bond acceptors (Lipinski definition) is 7. The molecule has 37 heavy (non-hydrogen) atoms. The molecule has 3 aromatic carbocycles. The number of thioether (sulfide) groups is 2. The molecular formula is C29H27NO5S2. The van der Waals surface area contributed by atoms with Crippen molar-refractivity contribution in [3.8, 4) is 11.8 Å². The van der Waals surface area contributed by atoms with Gasteiger partial charge in [-0.2, -0.15) is 0 Å². The quantitative estimate of drug-likeness (QED) is 0.186. The van der Waals surface area contributed by atoms with Gasteiger partial charge in [-0.1, -0.05) is 47.5 Å². The van der Waals surface area contributed by atoms with Crippen LogP contribution in [0.3, 0.4) is 0 Å². The first-order valence-electron chi connectivity index (χ1n) is 11.7. The monoisotopic (exact) mass is 533 g/mol. The van der Waals surface area contributed by atoms with Crippen LogP contribution in [0, 0.1) is 19.8 Å². The summed E-state index contributed by atoms with van der Waals surface area (Å²) in [6.45, 7) is 4.09. The summed E-state index contributed by atoms with van der Waals surface area (Å²) < 4.78 is 0.627. The Balaban J connectivity index is 1.47. The number of ketones is 1. The van der Waals surface area contributed by atoms with Crippen molar-refractivity contribution in [2.75, 3.05) is 11.5 Å². The number of Topliss-reactive ketones (excluding diaryl/α,β-unsaturated/α-hetero) is 1. The third-order valence-electron chi connectivity index (χ3n) is 5.69. The van der Waals surface area contributed by atoms with Crippen molar-refractivity contribution in [3.63, 3.8) is 0 Å². The van der Waals surface area contributed by atoms with Crippen molar-refractivity contribution in [2.45, 2.75) is 23.6 Å². The van der Waals surface area contributed by atoms with Gasteiger partial charge in [0.2, 0.25) is 11.8 Å². The van der Waals surface area contributed by atoms with Crippen molar-refractivity contribution in [1.82, 2.24) is 4.73 Å². The molecule has 0 aliphatic carbocycles. The van der Waals surface area contributed by atoms with Gasteiger partial charge in [-0.3, -0.25) is 4.79 Å². The number of hydrogen-bond donors (Lipinski definition) is 2. The van der Waals surface area contributed by atoms with Crippen LogP contribution in [-0.4, -0.2) is 38.2 Å². The smallest absolute Gasteiger partial charge is 0.363 e. The van der Waals surface area contributed by atoms with Gasteiger partial charge in [-0.15, -0.1) is 28.3 Å². The van der Waals surface area contributed by atoms with Crippen LogP contribution in [0.5, 0.6) is 11.8 Å². The van der Waals surface area contributed by atoms with Crippen LogP contribution in [0.25, 0.3) is 0 Å². The highest BCUT2D eigenvalue weighted by Crippen LogP contribution is 2.29. The molecule has 0 radical (unpaired) electrons. The highest BCUT2D eigenvalue weighted by molar-refractivity contribution is 8.00. The lowest BCUT2D eigenvalue weighted by Gasteiger charge is -2.16. The van der Waals surface area contributed by atoms with Crippen molar-refractivity contribution in [2.24, 2.45) is 5.92 Å². The molecule has 6 nitrogen and oxygen atoms in total. The Morgan fingerprint density at radius 3 is 1.59 bits per heavy atom. The van der Waals surface area contributed by atoms with Gasteiger partial charge < -0.3 is 15.1 Å². The number of rotatable bonds is 10. The zero-order valence-electron chi connectivity index (χ0n) is 20.5. The van der Waals surface area contributed by atoms with Crippen molar-refractivity contribution < 1.29 is 24.6 Å². The van der Waals surface area contributed by atoms with Gasteiger partial charge in [0.1, 0.15) is 0 Å². The number of nitrogens with zero attached hydrogens (tertiary/aromatic N) is 1. The standard InChI is InChI=1S/C29H27NO5S2/c1-19-3-11-24(12-4-19)36-17-23(18-37-25-13-5-20(2)6-14-25)28(33)21-7-9-22(10-8-21)29(34)35-30-26(31)15-16-27(30)32/h3-16,23,31-32H,17-18H2,1-2H3. The third kappa shape index (κ3) is 6.99. The molecule has 0 saturated carbocycles. The first kappa shape index (κ1) is 26.4. The Morgan fingerprint density at radius 1 is 0.703 bits per heavy atom. The molecule has 0 amide bonds. The maximum Gasteiger partial charge on any atom is 0.363 e. The van der Waals surface area contributed by atoms with Crippen LogP contribution in [0.4, 0.5) is 0 Å². The Labute approximate surface area is 224 Å². The van der Waals surface area contributed by atoms with Crippen LogP contribution in [0.1, 0.15) is 31.8 Å². The van der Waals surface area contributed by atoms with Gasteiger partial charge in [0, 0.05) is 44.9 Å². The fraction of sp³-hybridized carbons (Fsp3) is 0.172. The van der Waals surface area contributed by atoms with Gasteiger partial charge in [-0.25, -0.2) is 4.79 Å². The van der Waals surface area contributed by atoms with E-state index in [4.69, 9.17) is 4.84 Å². The topological polar surface area (TPSA) is 88.8 Å². The predicted molar refractivity (Wildman–Crippen MR) is 147 cm³/mol. The van der Waals surface area contributed by atoms with E-state index in [-0.39, 0.29) is 17.3 Å². The fourth-order valence-corrected chi connectivity index (χ4v) is 5.63. The normalized spacial score (nSPS) is 11.0. The summed E-state index contributed by atoms with van der Waals surface area (Å²) in [7, 11) is 0. The summed E-state index contributed by atoms with van der Waals surface area (Å²) >= 11 is 3.30. The van der Waals surface area contributed by atoms with E-state index in [1.165, 1.54) is 35.4 Å². The minimum absolute atomic E-state index is 0.000149. The van der Waals surface area contributed by atoms with E-state index in [1.54, 1.807) is 35.7 Å². The molecule has 0 spiro atoms. The van der Waals surface area contributed by atoms with Crippen molar-refractivity contribution in [1.29, 1.82) is 0 Å².